The highest BCUT2D eigenvalue weighted by molar-refractivity contribution is 6.24. The van der Waals surface area contributed by atoms with Crippen LogP contribution >= 0.6 is 0 Å². The number of nitrogens with one attached hydrogen (secondary N) is 1. The molecule has 0 aromatic heterocycles. The smallest absolute Gasteiger partial charge is 0.347 e. The molecule has 4 amide bonds. The molecule has 1 fully saturated rings. The summed E-state index contributed by atoms with van der Waals surface area (Å²) in [4.78, 5) is 62.3. The maximum Gasteiger partial charge on any atom is 0.347 e. The van der Waals surface area contributed by atoms with E-state index in [1.165, 1.54) is 25.1 Å². The lowest BCUT2D eigenvalue weighted by atomic mass is 10.0. The maximum atomic E-state index is 13.0. The Labute approximate surface area is 167 Å². The zero-order valence-corrected chi connectivity index (χ0v) is 16.6. The maximum absolute atomic E-state index is 13.0. The number of fused-ring (bicyclic) bond motifs is 1. The molecule has 2 heterocycles. The van der Waals surface area contributed by atoms with E-state index in [1.807, 2.05) is 0 Å². The molecule has 0 spiro atoms. The van der Waals surface area contributed by atoms with Gasteiger partial charge >= 0.3 is 5.97 Å². The van der Waals surface area contributed by atoms with Crippen LogP contribution in [0.5, 0.6) is 5.75 Å². The lowest BCUT2D eigenvalue weighted by molar-refractivity contribution is -0.162. The SMILES string of the molecule is CC(Oc1cccc2c1C(=O)N([C@@H]1CCC(=O)NC1=O)C2=O)C(=O)OC(C)(C)C. The highest BCUT2D eigenvalue weighted by Crippen LogP contribution is 2.34. The Balaban J connectivity index is 1.86. The molecule has 1 saturated heterocycles. The van der Waals surface area contributed by atoms with Crippen molar-refractivity contribution in [1.29, 1.82) is 0 Å². The second kappa shape index (κ2) is 7.31. The first-order valence-electron chi connectivity index (χ1n) is 9.23. The van der Waals surface area contributed by atoms with E-state index in [1.54, 1.807) is 20.8 Å². The fourth-order valence-corrected chi connectivity index (χ4v) is 3.21. The van der Waals surface area contributed by atoms with Crippen molar-refractivity contribution >= 4 is 29.6 Å². The Morgan fingerprint density at radius 3 is 2.48 bits per heavy atom. The second-order valence-corrected chi connectivity index (χ2v) is 7.92. The van der Waals surface area contributed by atoms with Crippen LogP contribution in [0.3, 0.4) is 0 Å². The Hall–Kier alpha value is -3.23. The standard InChI is InChI=1S/C20H22N2O7/c1-10(19(27)29-20(2,3)4)28-13-7-5-6-11-15(13)18(26)22(17(11)25)12-8-9-14(23)21-16(12)24/h5-7,10,12H,8-9H2,1-4H3,(H,21,23,24)/t10?,12-/m1/s1. The fraction of sp³-hybridized carbons (Fsp3) is 0.450. The molecule has 0 bridgehead atoms. The molecule has 0 radical (unpaired) electrons. The van der Waals surface area contributed by atoms with Crippen molar-refractivity contribution in [2.45, 2.75) is 58.3 Å². The van der Waals surface area contributed by atoms with E-state index in [4.69, 9.17) is 9.47 Å². The van der Waals surface area contributed by atoms with Crippen LogP contribution < -0.4 is 10.1 Å². The van der Waals surface area contributed by atoms with E-state index >= 15 is 0 Å². The number of benzene rings is 1. The molecule has 0 saturated carbocycles. The molecule has 3 rings (SSSR count). The summed E-state index contributed by atoms with van der Waals surface area (Å²) in [6.07, 6.45) is -0.933. The van der Waals surface area contributed by atoms with Crippen LogP contribution in [0.1, 0.15) is 61.3 Å². The first-order chi connectivity index (χ1) is 13.5. The average molecular weight is 402 g/mol. The zero-order chi connectivity index (χ0) is 21.5. The number of nitrogens with zero attached hydrogens (tertiary/aromatic N) is 1. The van der Waals surface area contributed by atoms with Gasteiger partial charge in [-0.15, -0.1) is 0 Å². The summed E-state index contributed by atoms with van der Waals surface area (Å²) in [5.41, 5.74) is -0.645. The molecule has 2 aliphatic rings. The summed E-state index contributed by atoms with van der Waals surface area (Å²) < 4.78 is 10.9. The lowest BCUT2D eigenvalue weighted by Gasteiger charge is -2.27. The normalized spacial score (nSPS) is 20.3. The van der Waals surface area contributed by atoms with Gasteiger partial charge in [-0.3, -0.25) is 29.4 Å². The van der Waals surface area contributed by atoms with E-state index in [0.29, 0.717) is 0 Å². The number of esters is 1. The first kappa shape index (κ1) is 20.5. The number of amides is 4. The minimum atomic E-state index is -1.07. The van der Waals surface area contributed by atoms with Gasteiger partial charge in [0, 0.05) is 6.42 Å². The largest absolute Gasteiger partial charge is 0.478 e. The third kappa shape index (κ3) is 3.98. The Bertz CT molecular complexity index is 916. The van der Waals surface area contributed by atoms with E-state index in [0.717, 1.165) is 4.90 Å². The molecule has 154 valence electrons. The minimum Gasteiger partial charge on any atom is -0.478 e. The van der Waals surface area contributed by atoms with Crippen LogP contribution in [-0.4, -0.2) is 52.2 Å². The summed E-state index contributed by atoms with van der Waals surface area (Å²) >= 11 is 0. The van der Waals surface area contributed by atoms with E-state index in [9.17, 15) is 24.0 Å². The molecule has 9 heteroatoms. The van der Waals surface area contributed by atoms with Crippen molar-refractivity contribution in [3.8, 4) is 5.75 Å². The van der Waals surface area contributed by atoms with E-state index < -0.39 is 47.3 Å². The van der Waals surface area contributed by atoms with Crippen LogP contribution in [0, 0.1) is 0 Å². The van der Waals surface area contributed by atoms with Gasteiger partial charge in [0.1, 0.15) is 17.4 Å². The molecular weight excluding hydrogens is 380 g/mol. The van der Waals surface area contributed by atoms with Crippen molar-refractivity contribution in [2.24, 2.45) is 0 Å². The van der Waals surface area contributed by atoms with Crippen LogP contribution in [0.15, 0.2) is 18.2 Å². The molecular formula is C20H22N2O7. The quantitative estimate of drug-likeness (QED) is 0.594. The Morgan fingerprint density at radius 2 is 1.86 bits per heavy atom. The molecule has 1 unspecified atom stereocenters. The number of piperidine rings is 1. The third-order valence-electron chi connectivity index (χ3n) is 4.47. The molecule has 9 nitrogen and oxygen atoms in total. The molecule has 1 aromatic rings. The van der Waals surface area contributed by atoms with Gasteiger partial charge in [0.2, 0.25) is 11.8 Å². The van der Waals surface area contributed by atoms with Gasteiger partial charge in [-0.05, 0) is 46.2 Å². The van der Waals surface area contributed by atoms with Crippen LogP contribution in [-0.2, 0) is 19.1 Å². The molecule has 1 N–H and O–H groups in total. The van der Waals surface area contributed by atoms with Crippen LogP contribution in [0.2, 0.25) is 0 Å². The van der Waals surface area contributed by atoms with E-state index in [-0.39, 0.29) is 29.7 Å². The predicted octanol–water partition coefficient (Wildman–Crippen LogP) is 1.20. The van der Waals surface area contributed by atoms with Gasteiger partial charge in [-0.1, -0.05) is 6.07 Å². The minimum absolute atomic E-state index is 0.0161. The molecule has 1 aromatic carbocycles. The summed E-state index contributed by atoms with van der Waals surface area (Å²) in [7, 11) is 0. The predicted molar refractivity (Wildman–Crippen MR) is 99.0 cm³/mol. The Morgan fingerprint density at radius 1 is 1.17 bits per heavy atom. The Kier molecular flexibility index (Phi) is 5.16. The number of imide groups is 2. The van der Waals surface area contributed by atoms with Gasteiger partial charge in [0.25, 0.3) is 11.8 Å². The van der Waals surface area contributed by atoms with Crippen molar-refractivity contribution in [3.05, 3.63) is 29.3 Å². The summed E-state index contributed by atoms with van der Waals surface area (Å²) in [5.74, 6) is -3.05. The average Bonchev–Trinajstić information content (AvgIpc) is 2.86. The van der Waals surface area contributed by atoms with Gasteiger partial charge < -0.3 is 9.47 Å². The highest BCUT2D eigenvalue weighted by atomic mass is 16.6. The van der Waals surface area contributed by atoms with Crippen LogP contribution in [0.4, 0.5) is 0 Å². The zero-order valence-electron chi connectivity index (χ0n) is 16.6. The summed E-state index contributed by atoms with van der Waals surface area (Å²) in [6.45, 7) is 6.64. The number of rotatable bonds is 4. The second-order valence-electron chi connectivity index (χ2n) is 7.92. The van der Waals surface area contributed by atoms with E-state index in [2.05, 4.69) is 5.32 Å². The number of hydrogen-bond donors (Lipinski definition) is 1. The van der Waals surface area contributed by atoms with Gasteiger partial charge in [-0.2, -0.15) is 0 Å². The van der Waals surface area contributed by atoms with Crippen molar-refractivity contribution in [1.82, 2.24) is 10.2 Å². The summed E-state index contributed by atoms with van der Waals surface area (Å²) in [6, 6.07) is 3.37. The van der Waals surface area contributed by atoms with Gasteiger partial charge in [-0.25, -0.2) is 4.79 Å². The van der Waals surface area contributed by atoms with Crippen molar-refractivity contribution in [2.75, 3.05) is 0 Å². The first-order valence-corrected chi connectivity index (χ1v) is 9.23. The molecule has 2 aliphatic heterocycles. The summed E-state index contributed by atoms with van der Waals surface area (Å²) in [5, 5.41) is 2.14. The molecule has 29 heavy (non-hydrogen) atoms. The van der Waals surface area contributed by atoms with Crippen LogP contribution in [0.25, 0.3) is 0 Å². The van der Waals surface area contributed by atoms with Crippen molar-refractivity contribution in [3.63, 3.8) is 0 Å². The monoisotopic (exact) mass is 402 g/mol. The van der Waals surface area contributed by atoms with Gasteiger partial charge in [0.05, 0.1) is 11.1 Å². The number of carbonyl (C=O) groups is 5. The molecule has 0 aliphatic carbocycles. The topological polar surface area (TPSA) is 119 Å². The van der Waals surface area contributed by atoms with Gasteiger partial charge in [0.15, 0.2) is 6.10 Å². The molecule has 2 atom stereocenters. The fourth-order valence-electron chi connectivity index (χ4n) is 3.21. The number of hydrogen-bond acceptors (Lipinski definition) is 7. The van der Waals surface area contributed by atoms with Crippen molar-refractivity contribution < 1.29 is 33.4 Å². The number of ether oxygens (including phenoxy) is 2. The highest BCUT2D eigenvalue weighted by Gasteiger charge is 2.46. The number of carbonyl (C=O) groups excluding carboxylic acids is 5. The third-order valence-corrected chi connectivity index (χ3v) is 4.47. The lowest BCUT2D eigenvalue weighted by Crippen LogP contribution is -2.54.